The third-order valence-electron chi connectivity index (χ3n) is 5.76. The molecule has 1 aliphatic heterocycles. The van der Waals surface area contributed by atoms with Crippen LogP contribution in [0.1, 0.15) is 16.9 Å². The molecule has 0 aliphatic carbocycles. The van der Waals surface area contributed by atoms with Crippen LogP contribution in [0.25, 0.3) is 10.9 Å². The van der Waals surface area contributed by atoms with Gasteiger partial charge in [0.2, 0.25) is 0 Å². The van der Waals surface area contributed by atoms with Gasteiger partial charge in [-0.15, -0.1) is 0 Å². The van der Waals surface area contributed by atoms with E-state index in [9.17, 15) is 4.79 Å². The smallest absolute Gasteiger partial charge is 0.253 e. The van der Waals surface area contributed by atoms with E-state index < -0.39 is 0 Å². The number of nitrogens with one attached hydrogen (secondary N) is 2. The number of nitrogens with zero attached hydrogens (tertiary/aromatic N) is 1. The number of ether oxygens (including phenoxy) is 3. The van der Waals surface area contributed by atoms with Crippen molar-refractivity contribution in [2.45, 2.75) is 19.6 Å². The van der Waals surface area contributed by atoms with E-state index in [1.165, 1.54) is 0 Å². The summed E-state index contributed by atoms with van der Waals surface area (Å²) in [5.74, 6) is 2.86. The van der Waals surface area contributed by atoms with Crippen molar-refractivity contribution in [3.8, 4) is 17.2 Å². The molecule has 0 radical (unpaired) electrons. The number of H-pyrrole nitrogens is 1. The van der Waals surface area contributed by atoms with Gasteiger partial charge >= 0.3 is 0 Å². The van der Waals surface area contributed by atoms with Gasteiger partial charge in [-0.1, -0.05) is 12.1 Å². The third-order valence-corrected chi connectivity index (χ3v) is 6.16. The quantitative estimate of drug-likeness (QED) is 0.376. The zero-order valence-corrected chi connectivity index (χ0v) is 20.0. The molecule has 0 bridgehead atoms. The molecule has 1 aliphatic rings. The Balaban J connectivity index is 1.42. The molecule has 0 fully saturated rings. The van der Waals surface area contributed by atoms with Crippen molar-refractivity contribution in [3.05, 3.63) is 88.1 Å². The standard InChI is InChI=1S/C26H25N3O5S/c1-31-20-6-4-17(5-7-20)15-29(26(35)27-14-21-3-2-8-32-21)16-19-11-18-12-23-24(34-10-9-33-23)13-22(18)28-25(19)30/h2-8,11-13H,9-10,14-16H2,1H3,(H,27,35)(H,28,30). The second kappa shape index (κ2) is 10.1. The van der Waals surface area contributed by atoms with Crippen molar-refractivity contribution in [2.75, 3.05) is 20.3 Å². The summed E-state index contributed by atoms with van der Waals surface area (Å²) in [6.07, 6.45) is 1.62. The number of hydrogen-bond donors (Lipinski definition) is 2. The van der Waals surface area contributed by atoms with Crippen molar-refractivity contribution in [3.63, 3.8) is 0 Å². The summed E-state index contributed by atoms with van der Waals surface area (Å²) in [6.45, 7) is 2.26. The predicted molar refractivity (Wildman–Crippen MR) is 136 cm³/mol. The zero-order chi connectivity index (χ0) is 24.2. The van der Waals surface area contributed by atoms with Crippen molar-refractivity contribution in [1.29, 1.82) is 0 Å². The van der Waals surface area contributed by atoms with Gasteiger partial charge in [0.05, 0.1) is 32.0 Å². The molecule has 2 N–H and O–H groups in total. The Hall–Kier alpha value is -3.98. The molecule has 35 heavy (non-hydrogen) atoms. The molecule has 0 unspecified atom stereocenters. The van der Waals surface area contributed by atoms with Crippen LogP contribution in [0.3, 0.4) is 0 Å². The Kier molecular flexibility index (Phi) is 6.58. The Morgan fingerprint density at radius 3 is 2.57 bits per heavy atom. The lowest BCUT2D eigenvalue weighted by molar-refractivity contribution is 0.172. The lowest BCUT2D eigenvalue weighted by Gasteiger charge is -2.26. The monoisotopic (exact) mass is 491 g/mol. The van der Waals surface area contributed by atoms with Crippen LogP contribution in [-0.2, 0) is 19.6 Å². The van der Waals surface area contributed by atoms with Gasteiger partial charge in [-0.05, 0) is 54.2 Å². The minimum absolute atomic E-state index is 0.178. The maximum Gasteiger partial charge on any atom is 0.253 e. The second-order valence-electron chi connectivity index (χ2n) is 8.15. The highest BCUT2D eigenvalue weighted by atomic mass is 32.1. The average Bonchev–Trinajstić information content (AvgIpc) is 3.40. The molecule has 8 nitrogen and oxygen atoms in total. The fourth-order valence-electron chi connectivity index (χ4n) is 3.95. The molecule has 3 heterocycles. The third kappa shape index (κ3) is 5.25. The Labute approximate surface area is 207 Å². The SMILES string of the molecule is COc1ccc(CN(Cc2cc3cc4c(cc3[nH]c2=O)OCCO4)C(=S)NCc2ccco2)cc1. The molecule has 2 aromatic carbocycles. The van der Waals surface area contributed by atoms with Gasteiger partial charge < -0.3 is 33.8 Å². The average molecular weight is 492 g/mol. The number of rotatable bonds is 7. The molecule has 9 heteroatoms. The van der Waals surface area contributed by atoms with Crippen LogP contribution in [-0.4, -0.2) is 35.3 Å². The van der Waals surface area contributed by atoms with Gasteiger partial charge in [0.1, 0.15) is 24.7 Å². The first kappa shape index (κ1) is 22.8. The van der Waals surface area contributed by atoms with E-state index in [0.717, 1.165) is 22.5 Å². The van der Waals surface area contributed by atoms with E-state index in [1.54, 1.807) is 19.4 Å². The summed E-state index contributed by atoms with van der Waals surface area (Å²) in [7, 11) is 1.63. The lowest BCUT2D eigenvalue weighted by Crippen LogP contribution is -2.39. The summed E-state index contributed by atoms with van der Waals surface area (Å²) in [4.78, 5) is 17.9. The van der Waals surface area contributed by atoms with Gasteiger partial charge in [-0.2, -0.15) is 0 Å². The highest BCUT2D eigenvalue weighted by molar-refractivity contribution is 7.80. The van der Waals surface area contributed by atoms with Gasteiger partial charge in [-0.25, -0.2) is 0 Å². The zero-order valence-electron chi connectivity index (χ0n) is 19.2. The summed E-state index contributed by atoms with van der Waals surface area (Å²) >= 11 is 5.71. The van der Waals surface area contributed by atoms with Crippen LogP contribution in [0, 0.1) is 0 Å². The second-order valence-corrected chi connectivity index (χ2v) is 8.54. The van der Waals surface area contributed by atoms with Crippen LogP contribution >= 0.6 is 12.2 Å². The maximum absolute atomic E-state index is 13.0. The van der Waals surface area contributed by atoms with E-state index >= 15 is 0 Å². The van der Waals surface area contributed by atoms with E-state index in [4.69, 9.17) is 30.8 Å². The van der Waals surface area contributed by atoms with E-state index in [-0.39, 0.29) is 5.56 Å². The van der Waals surface area contributed by atoms with Crippen LogP contribution in [0.5, 0.6) is 17.2 Å². The van der Waals surface area contributed by atoms with Gasteiger partial charge in [0, 0.05) is 23.6 Å². The van der Waals surface area contributed by atoms with Crippen molar-refractivity contribution >= 4 is 28.2 Å². The van der Waals surface area contributed by atoms with Crippen molar-refractivity contribution < 1.29 is 18.6 Å². The van der Waals surface area contributed by atoms with Crippen LogP contribution < -0.4 is 25.1 Å². The molecule has 0 saturated carbocycles. The molecular weight excluding hydrogens is 466 g/mol. The fraction of sp³-hybridized carbons (Fsp3) is 0.231. The summed E-state index contributed by atoms with van der Waals surface area (Å²) in [5, 5.41) is 4.61. The Morgan fingerprint density at radius 2 is 1.86 bits per heavy atom. The topological polar surface area (TPSA) is 89.0 Å². The minimum Gasteiger partial charge on any atom is -0.497 e. The predicted octanol–water partition coefficient (Wildman–Crippen LogP) is 3.98. The Morgan fingerprint density at radius 1 is 1.09 bits per heavy atom. The first-order valence-electron chi connectivity index (χ1n) is 11.2. The minimum atomic E-state index is -0.178. The number of fused-ring (bicyclic) bond motifs is 2. The van der Waals surface area contributed by atoms with Crippen LogP contribution in [0.4, 0.5) is 0 Å². The fourth-order valence-corrected chi connectivity index (χ4v) is 4.15. The lowest BCUT2D eigenvalue weighted by atomic mass is 10.1. The molecule has 180 valence electrons. The maximum atomic E-state index is 13.0. The number of aromatic amines is 1. The molecular formula is C26H25N3O5S. The van der Waals surface area contributed by atoms with Gasteiger partial charge in [-0.3, -0.25) is 4.79 Å². The number of hydrogen-bond acceptors (Lipinski definition) is 6. The van der Waals surface area contributed by atoms with Crippen molar-refractivity contribution in [2.24, 2.45) is 0 Å². The van der Waals surface area contributed by atoms with E-state index in [2.05, 4.69) is 10.3 Å². The molecule has 0 atom stereocenters. The number of pyridine rings is 1. The van der Waals surface area contributed by atoms with Crippen LogP contribution in [0.15, 0.2) is 70.1 Å². The van der Waals surface area contributed by atoms with Crippen molar-refractivity contribution in [1.82, 2.24) is 15.2 Å². The molecule has 4 aromatic rings. The number of methoxy groups -OCH3 is 1. The van der Waals surface area contributed by atoms with Gasteiger partial charge in [0.15, 0.2) is 16.6 Å². The number of aromatic nitrogens is 1. The normalized spacial score (nSPS) is 12.4. The number of furan rings is 1. The molecule has 0 spiro atoms. The summed E-state index contributed by atoms with van der Waals surface area (Å²) in [5.41, 5.74) is 2.14. The van der Waals surface area contributed by atoms with E-state index in [0.29, 0.717) is 60.5 Å². The Bertz CT molecular complexity index is 1380. The number of thiocarbonyl (C=S) groups is 1. The molecule has 0 amide bonds. The van der Waals surface area contributed by atoms with Crippen LogP contribution in [0.2, 0.25) is 0 Å². The summed E-state index contributed by atoms with van der Waals surface area (Å²) < 4.78 is 22.0. The summed E-state index contributed by atoms with van der Waals surface area (Å²) in [6, 6.07) is 17.1. The molecule has 0 saturated heterocycles. The highest BCUT2D eigenvalue weighted by Crippen LogP contribution is 2.33. The first-order valence-corrected chi connectivity index (χ1v) is 11.6. The van der Waals surface area contributed by atoms with Gasteiger partial charge in [0.25, 0.3) is 5.56 Å². The molecule has 2 aromatic heterocycles. The first-order chi connectivity index (χ1) is 17.1. The number of benzene rings is 2. The highest BCUT2D eigenvalue weighted by Gasteiger charge is 2.17. The van der Waals surface area contributed by atoms with E-state index in [1.807, 2.05) is 53.4 Å². The largest absolute Gasteiger partial charge is 0.497 e. The molecule has 5 rings (SSSR count).